The average Bonchev–Trinajstić information content (AvgIpc) is 2.30. The topological polar surface area (TPSA) is 49.3 Å². The first-order valence-electron chi connectivity index (χ1n) is 6.19. The number of carboxylic acids is 1. The molecule has 2 N–H and O–H groups in total. The third-order valence-corrected chi connectivity index (χ3v) is 3.93. The number of carbonyl (C=O) groups is 1. The highest BCUT2D eigenvalue weighted by Gasteiger charge is 2.19. The minimum absolute atomic E-state index is 0. The fraction of sp³-hybridized carbons (Fsp3) is 0.917. The molecule has 0 aromatic heterocycles. The molecule has 1 aliphatic rings. The molecule has 5 heteroatoms. The zero-order valence-electron chi connectivity index (χ0n) is 10.5. The van der Waals surface area contributed by atoms with Crippen LogP contribution in [0.25, 0.3) is 0 Å². The number of hydrogen-bond acceptors (Lipinski definition) is 3. The van der Waals surface area contributed by atoms with Gasteiger partial charge in [0.05, 0.1) is 0 Å². The number of aliphatic carboxylic acids is 1. The van der Waals surface area contributed by atoms with Crippen LogP contribution in [0.4, 0.5) is 0 Å². The molecule has 1 unspecified atom stereocenters. The minimum Gasteiger partial charge on any atom is -0.480 e. The Balaban J connectivity index is 0.00000256. The lowest BCUT2D eigenvalue weighted by Gasteiger charge is -2.24. The Kier molecular flexibility index (Phi) is 10.1. The molecular formula is C12H24ClNO2S. The first-order chi connectivity index (χ1) is 7.74. The lowest BCUT2D eigenvalue weighted by molar-refractivity contribution is -0.139. The molecule has 0 bridgehead atoms. The van der Waals surface area contributed by atoms with E-state index in [-0.39, 0.29) is 18.4 Å². The van der Waals surface area contributed by atoms with Crippen LogP contribution >= 0.6 is 24.2 Å². The van der Waals surface area contributed by atoms with Crippen LogP contribution in [0.15, 0.2) is 0 Å². The Morgan fingerprint density at radius 3 is 2.59 bits per heavy atom. The van der Waals surface area contributed by atoms with E-state index in [1.54, 1.807) is 11.8 Å². The first kappa shape index (κ1) is 17.1. The van der Waals surface area contributed by atoms with Crippen molar-refractivity contribution in [2.45, 2.75) is 44.6 Å². The molecule has 0 aliphatic heterocycles. The average molecular weight is 282 g/mol. The monoisotopic (exact) mass is 281 g/mol. The SMILES string of the molecule is CSCCC(NCC1CCCCC1)C(=O)O.Cl. The van der Waals surface area contributed by atoms with Gasteiger partial charge in [-0.1, -0.05) is 19.3 Å². The molecule has 1 rings (SSSR count). The summed E-state index contributed by atoms with van der Waals surface area (Å²) in [7, 11) is 0. The van der Waals surface area contributed by atoms with Gasteiger partial charge in [0.1, 0.15) is 6.04 Å². The van der Waals surface area contributed by atoms with Crippen molar-refractivity contribution in [2.75, 3.05) is 18.6 Å². The molecule has 17 heavy (non-hydrogen) atoms. The van der Waals surface area contributed by atoms with Crippen molar-refractivity contribution in [2.24, 2.45) is 5.92 Å². The number of thioether (sulfide) groups is 1. The molecule has 1 atom stereocenters. The zero-order chi connectivity index (χ0) is 11.8. The van der Waals surface area contributed by atoms with Gasteiger partial charge in [-0.3, -0.25) is 4.79 Å². The molecule has 1 saturated carbocycles. The Bertz CT molecular complexity index is 211. The van der Waals surface area contributed by atoms with Crippen LogP contribution in [0, 0.1) is 5.92 Å². The Hall–Kier alpha value is 0.0700. The predicted molar refractivity (Wildman–Crippen MR) is 76.2 cm³/mol. The molecule has 0 saturated heterocycles. The van der Waals surface area contributed by atoms with Crippen LogP contribution in [0.5, 0.6) is 0 Å². The first-order valence-corrected chi connectivity index (χ1v) is 7.58. The van der Waals surface area contributed by atoms with Gasteiger partial charge in [-0.15, -0.1) is 12.4 Å². The molecule has 0 heterocycles. The van der Waals surface area contributed by atoms with Gasteiger partial charge in [-0.05, 0) is 43.7 Å². The predicted octanol–water partition coefficient (Wildman–Crippen LogP) is 2.78. The Morgan fingerprint density at radius 2 is 2.06 bits per heavy atom. The zero-order valence-corrected chi connectivity index (χ0v) is 12.1. The van der Waals surface area contributed by atoms with Crippen LogP contribution in [0.3, 0.4) is 0 Å². The van der Waals surface area contributed by atoms with E-state index in [0.29, 0.717) is 5.92 Å². The molecule has 3 nitrogen and oxygen atoms in total. The van der Waals surface area contributed by atoms with Crippen molar-refractivity contribution in [3.8, 4) is 0 Å². The van der Waals surface area contributed by atoms with Crippen molar-refractivity contribution in [3.63, 3.8) is 0 Å². The molecule has 1 fully saturated rings. The van der Waals surface area contributed by atoms with Crippen LogP contribution in [0.2, 0.25) is 0 Å². The quantitative estimate of drug-likeness (QED) is 0.753. The molecule has 1 aliphatic carbocycles. The second kappa shape index (κ2) is 10.0. The molecule has 0 spiro atoms. The third kappa shape index (κ3) is 7.17. The number of halogens is 1. The maximum absolute atomic E-state index is 11.0. The molecule has 0 radical (unpaired) electrons. The van der Waals surface area contributed by atoms with Crippen molar-refractivity contribution < 1.29 is 9.90 Å². The van der Waals surface area contributed by atoms with Gasteiger partial charge < -0.3 is 10.4 Å². The standard InChI is InChI=1S/C12H23NO2S.ClH/c1-16-8-7-11(12(14)15)13-9-10-5-3-2-4-6-10;/h10-11,13H,2-9H2,1H3,(H,14,15);1H. The normalized spacial score (nSPS) is 18.4. The molecule has 0 aromatic carbocycles. The van der Waals surface area contributed by atoms with Crippen LogP contribution in [-0.2, 0) is 4.79 Å². The van der Waals surface area contributed by atoms with E-state index in [9.17, 15) is 4.79 Å². The summed E-state index contributed by atoms with van der Waals surface area (Å²) < 4.78 is 0. The number of hydrogen-bond donors (Lipinski definition) is 2. The fourth-order valence-electron chi connectivity index (χ4n) is 2.25. The molecule has 0 amide bonds. The van der Waals surface area contributed by atoms with E-state index in [0.717, 1.165) is 18.7 Å². The van der Waals surface area contributed by atoms with Gasteiger partial charge in [0.2, 0.25) is 0 Å². The maximum Gasteiger partial charge on any atom is 0.320 e. The van der Waals surface area contributed by atoms with Crippen LogP contribution in [0.1, 0.15) is 38.5 Å². The smallest absolute Gasteiger partial charge is 0.320 e. The highest BCUT2D eigenvalue weighted by molar-refractivity contribution is 7.98. The third-order valence-electron chi connectivity index (χ3n) is 3.29. The molecule has 0 aromatic rings. The molecule has 102 valence electrons. The van der Waals surface area contributed by atoms with Gasteiger partial charge in [-0.25, -0.2) is 0 Å². The Labute approximate surface area is 115 Å². The summed E-state index contributed by atoms with van der Waals surface area (Å²) in [6, 6.07) is -0.352. The fourth-order valence-corrected chi connectivity index (χ4v) is 2.72. The second-order valence-electron chi connectivity index (χ2n) is 4.58. The number of rotatable bonds is 7. The summed E-state index contributed by atoms with van der Waals surface area (Å²) in [5.74, 6) is 0.906. The van der Waals surface area contributed by atoms with Crippen LogP contribution < -0.4 is 5.32 Å². The molecular weight excluding hydrogens is 258 g/mol. The van der Waals surface area contributed by atoms with Crippen molar-refractivity contribution >= 4 is 30.1 Å². The van der Waals surface area contributed by atoms with Crippen LogP contribution in [-0.4, -0.2) is 35.7 Å². The Morgan fingerprint density at radius 1 is 1.41 bits per heavy atom. The summed E-state index contributed by atoms with van der Waals surface area (Å²) in [4.78, 5) is 11.0. The van der Waals surface area contributed by atoms with Gasteiger partial charge in [0, 0.05) is 0 Å². The van der Waals surface area contributed by atoms with Gasteiger partial charge >= 0.3 is 5.97 Å². The summed E-state index contributed by atoms with van der Waals surface area (Å²) in [6.07, 6.45) is 9.25. The minimum atomic E-state index is -0.704. The van der Waals surface area contributed by atoms with Gasteiger partial charge in [0.15, 0.2) is 0 Å². The van der Waals surface area contributed by atoms with E-state index in [4.69, 9.17) is 5.11 Å². The highest BCUT2D eigenvalue weighted by atomic mass is 35.5. The van der Waals surface area contributed by atoms with E-state index in [1.165, 1.54) is 32.1 Å². The summed E-state index contributed by atoms with van der Waals surface area (Å²) in [5, 5.41) is 12.3. The van der Waals surface area contributed by atoms with E-state index < -0.39 is 5.97 Å². The number of nitrogens with one attached hydrogen (secondary N) is 1. The highest BCUT2D eigenvalue weighted by Crippen LogP contribution is 2.22. The van der Waals surface area contributed by atoms with E-state index in [1.807, 2.05) is 6.26 Å². The summed E-state index contributed by atoms with van der Waals surface area (Å²) in [5.41, 5.74) is 0. The second-order valence-corrected chi connectivity index (χ2v) is 5.57. The van der Waals surface area contributed by atoms with Crippen molar-refractivity contribution in [3.05, 3.63) is 0 Å². The summed E-state index contributed by atoms with van der Waals surface area (Å²) >= 11 is 1.71. The summed E-state index contributed by atoms with van der Waals surface area (Å²) in [6.45, 7) is 0.880. The maximum atomic E-state index is 11.0. The number of carboxylic acid groups (broad SMARTS) is 1. The van der Waals surface area contributed by atoms with E-state index in [2.05, 4.69) is 5.32 Å². The lowest BCUT2D eigenvalue weighted by atomic mass is 9.89. The van der Waals surface area contributed by atoms with E-state index >= 15 is 0 Å². The van der Waals surface area contributed by atoms with Crippen molar-refractivity contribution in [1.82, 2.24) is 5.32 Å². The lowest BCUT2D eigenvalue weighted by Crippen LogP contribution is -2.40. The largest absolute Gasteiger partial charge is 0.480 e. The van der Waals surface area contributed by atoms with Gasteiger partial charge in [-0.2, -0.15) is 11.8 Å². The van der Waals surface area contributed by atoms with Crippen molar-refractivity contribution in [1.29, 1.82) is 0 Å². The van der Waals surface area contributed by atoms with Gasteiger partial charge in [0.25, 0.3) is 0 Å².